The minimum absolute atomic E-state index is 0.107. The van der Waals surface area contributed by atoms with Gasteiger partial charge in [-0.15, -0.1) is 0 Å². The molecule has 128 valence electrons. The van der Waals surface area contributed by atoms with Crippen molar-refractivity contribution in [2.75, 3.05) is 13.1 Å². The lowest BCUT2D eigenvalue weighted by molar-refractivity contribution is 0.0658. The largest absolute Gasteiger partial charge is 0.361 e. The fraction of sp³-hybridized carbons (Fsp3) is 0.444. The summed E-state index contributed by atoms with van der Waals surface area (Å²) in [7, 11) is 0. The minimum Gasteiger partial charge on any atom is -0.361 e. The van der Waals surface area contributed by atoms with Crippen molar-refractivity contribution in [3.8, 4) is 0 Å². The van der Waals surface area contributed by atoms with Crippen molar-refractivity contribution in [1.82, 2.24) is 10.1 Å². The van der Waals surface area contributed by atoms with E-state index in [1.165, 1.54) is 6.07 Å². The van der Waals surface area contributed by atoms with Crippen molar-refractivity contribution in [1.29, 1.82) is 0 Å². The first-order valence-electron chi connectivity index (χ1n) is 8.19. The number of aromatic nitrogens is 1. The van der Waals surface area contributed by atoms with Crippen LogP contribution in [0.1, 0.15) is 41.1 Å². The van der Waals surface area contributed by atoms with Crippen LogP contribution in [0.25, 0.3) is 0 Å². The van der Waals surface area contributed by atoms with Gasteiger partial charge in [-0.3, -0.25) is 4.79 Å². The number of rotatable bonds is 4. The molecule has 1 atom stereocenters. The predicted octanol–water partition coefficient (Wildman–Crippen LogP) is 3.75. The summed E-state index contributed by atoms with van der Waals surface area (Å²) in [6.45, 7) is 3.13. The molecular formula is C18H20F2N2O2. The van der Waals surface area contributed by atoms with Crippen molar-refractivity contribution in [2.24, 2.45) is 5.92 Å². The normalized spacial score (nSPS) is 18.0. The van der Waals surface area contributed by atoms with Crippen LogP contribution in [0.4, 0.5) is 8.78 Å². The van der Waals surface area contributed by atoms with Crippen LogP contribution in [0.2, 0.25) is 0 Å². The highest BCUT2D eigenvalue weighted by atomic mass is 19.2. The van der Waals surface area contributed by atoms with Gasteiger partial charge in [0.05, 0.1) is 0 Å². The van der Waals surface area contributed by atoms with Gasteiger partial charge in [-0.1, -0.05) is 11.2 Å². The first kappa shape index (κ1) is 16.6. The molecule has 0 N–H and O–H groups in total. The average Bonchev–Trinajstić information content (AvgIpc) is 3.02. The van der Waals surface area contributed by atoms with E-state index in [-0.39, 0.29) is 5.91 Å². The number of carbonyl (C=O) groups excluding carboxylic acids is 1. The number of aryl methyl sites for hydroxylation is 2. The van der Waals surface area contributed by atoms with Gasteiger partial charge in [0.15, 0.2) is 17.3 Å². The summed E-state index contributed by atoms with van der Waals surface area (Å²) < 4.78 is 31.2. The van der Waals surface area contributed by atoms with Gasteiger partial charge >= 0.3 is 0 Å². The number of hydrogen-bond donors (Lipinski definition) is 0. The molecule has 0 unspecified atom stereocenters. The van der Waals surface area contributed by atoms with E-state index >= 15 is 0 Å². The van der Waals surface area contributed by atoms with E-state index in [4.69, 9.17) is 4.52 Å². The lowest BCUT2D eigenvalue weighted by Gasteiger charge is -2.32. The molecule has 2 heterocycles. The first-order valence-corrected chi connectivity index (χ1v) is 8.19. The highest BCUT2D eigenvalue weighted by molar-refractivity contribution is 5.92. The highest BCUT2D eigenvalue weighted by Gasteiger charge is 2.26. The van der Waals surface area contributed by atoms with Crippen LogP contribution >= 0.6 is 0 Å². The Kier molecular flexibility index (Phi) is 4.92. The zero-order valence-electron chi connectivity index (χ0n) is 13.6. The molecule has 1 amide bonds. The van der Waals surface area contributed by atoms with Crippen LogP contribution < -0.4 is 0 Å². The smallest absolute Gasteiger partial charge is 0.276 e. The Hall–Kier alpha value is -2.24. The number of hydrogen-bond acceptors (Lipinski definition) is 3. The molecule has 1 aromatic carbocycles. The van der Waals surface area contributed by atoms with E-state index < -0.39 is 11.6 Å². The Labute approximate surface area is 139 Å². The van der Waals surface area contributed by atoms with Crippen LogP contribution in [0.5, 0.6) is 0 Å². The summed E-state index contributed by atoms with van der Waals surface area (Å²) >= 11 is 0. The minimum atomic E-state index is -0.823. The van der Waals surface area contributed by atoms with Crippen molar-refractivity contribution in [2.45, 2.75) is 32.6 Å². The molecule has 6 heteroatoms. The van der Waals surface area contributed by atoms with Gasteiger partial charge in [0.2, 0.25) is 0 Å². The second-order valence-electron chi connectivity index (χ2n) is 6.37. The topological polar surface area (TPSA) is 46.3 Å². The summed E-state index contributed by atoms with van der Waals surface area (Å²) in [5.74, 6) is -0.774. The summed E-state index contributed by atoms with van der Waals surface area (Å²) in [5.41, 5.74) is 1.12. The molecule has 4 nitrogen and oxygen atoms in total. The lowest BCUT2D eigenvalue weighted by Crippen LogP contribution is -2.40. The Morgan fingerprint density at radius 3 is 2.88 bits per heavy atom. The maximum atomic E-state index is 13.3. The van der Waals surface area contributed by atoms with E-state index in [0.717, 1.165) is 30.9 Å². The van der Waals surface area contributed by atoms with Gasteiger partial charge in [-0.25, -0.2) is 8.78 Å². The molecule has 1 fully saturated rings. The molecule has 1 aromatic heterocycles. The third kappa shape index (κ3) is 3.80. The summed E-state index contributed by atoms with van der Waals surface area (Å²) in [5, 5.41) is 3.78. The highest BCUT2D eigenvalue weighted by Crippen LogP contribution is 2.23. The lowest BCUT2D eigenvalue weighted by atomic mass is 9.91. The quantitative estimate of drug-likeness (QED) is 0.855. The van der Waals surface area contributed by atoms with Gasteiger partial charge in [0.1, 0.15) is 5.76 Å². The number of benzene rings is 1. The fourth-order valence-corrected chi connectivity index (χ4v) is 3.18. The summed E-state index contributed by atoms with van der Waals surface area (Å²) in [4.78, 5) is 14.2. The maximum absolute atomic E-state index is 13.3. The Morgan fingerprint density at radius 1 is 1.33 bits per heavy atom. The second-order valence-corrected chi connectivity index (χ2v) is 6.37. The number of amides is 1. The Morgan fingerprint density at radius 2 is 2.17 bits per heavy atom. The zero-order valence-corrected chi connectivity index (χ0v) is 13.6. The van der Waals surface area contributed by atoms with Crippen LogP contribution in [-0.2, 0) is 6.42 Å². The van der Waals surface area contributed by atoms with Crippen molar-refractivity contribution in [3.63, 3.8) is 0 Å². The molecule has 1 saturated heterocycles. The van der Waals surface area contributed by atoms with Crippen LogP contribution in [-0.4, -0.2) is 29.1 Å². The Bertz CT molecular complexity index is 730. The molecule has 1 aliphatic rings. The molecule has 0 bridgehead atoms. The first-order chi connectivity index (χ1) is 11.5. The fourth-order valence-electron chi connectivity index (χ4n) is 3.18. The molecule has 0 spiro atoms. The van der Waals surface area contributed by atoms with Crippen molar-refractivity contribution in [3.05, 3.63) is 52.9 Å². The van der Waals surface area contributed by atoms with Gasteiger partial charge in [0, 0.05) is 19.2 Å². The monoisotopic (exact) mass is 334 g/mol. The number of piperidine rings is 1. The SMILES string of the molecule is Cc1cc(C(=O)N2CCC[C@H](CCc3ccc(F)c(F)c3)C2)no1. The third-order valence-electron chi connectivity index (χ3n) is 4.48. The van der Waals surface area contributed by atoms with E-state index in [1.807, 2.05) is 0 Å². The van der Waals surface area contributed by atoms with Crippen LogP contribution in [0, 0.1) is 24.5 Å². The molecule has 0 saturated carbocycles. The van der Waals surface area contributed by atoms with Crippen LogP contribution in [0.3, 0.4) is 0 Å². The maximum Gasteiger partial charge on any atom is 0.276 e. The molecular weight excluding hydrogens is 314 g/mol. The zero-order chi connectivity index (χ0) is 17.1. The van der Waals surface area contributed by atoms with Gasteiger partial charge in [-0.05, 0) is 56.2 Å². The third-order valence-corrected chi connectivity index (χ3v) is 4.48. The summed E-state index contributed by atoms with van der Waals surface area (Å²) in [6, 6.07) is 5.67. The van der Waals surface area contributed by atoms with E-state index in [9.17, 15) is 13.6 Å². The number of likely N-dealkylation sites (tertiary alicyclic amines) is 1. The summed E-state index contributed by atoms with van der Waals surface area (Å²) in [6.07, 6.45) is 3.48. The van der Waals surface area contributed by atoms with Crippen LogP contribution in [0.15, 0.2) is 28.8 Å². The van der Waals surface area contributed by atoms with Gasteiger partial charge < -0.3 is 9.42 Å². The molecule has 0 aliphatic carbocycles. The number of halogens is 2. The molecule has 2 aromatic rings. The molecule has 24 heavy (non-hydrogen) atoms. The van der Waals surface area contributed by atoms with Crippen molar-refractivity contribution < 1.29 is 18.1 Å². The van der Waals surface area contributed by atoms with Gasteiger partial charge in [-0.2, -0.15) is 0 Å². The van der Waals surface area contributed by atoms with E-state index in [1.54, 1.807) is 24.0 Å². The Balaban J connectivity index is 1.57. The van der Waals surface area contributed by atoms with Crippen molar-refractivity contribution >= 4 is 5.91 Å². The average molecular weight is 334 g/mol. The second kappa shape index (κ2) is 7.11. The standard InChI is InChI=1S/C18H20F2N2O2/c1-12-9-17(21-24-12)18(23)22-8-2-3-14(11-22)5-4-13-6-7-15(19)16(20)10-13/h6-7,9-10,14H,2-5,8,11H2,1H3/t14-/m1/s1. The van der Waals surface area contributed by atoms with Gasteiger partial charge in [0.25, 0.3) is 5.91 Å². The molecule has 1 aliphatic heterocycles. The predicted molar refractivity (Wildman–Crippen MR) is 84.5 cm³/mol. The number of carbonyl (C=O) groups is 1. The molecule has 0 radical (unpaired) electrons. The van der Waals surface area contributed by atoms with E-state index in [2.05, 4.69) is 5.16 Å². The number of nitrogens with zero attached hydrogens (tertiary/aromatic N) is 2. The molecule has 3 rings (SSSR count). The van der Waals surface area contributed by atoms with E-state index in [0.29, 0.717) is 36.9 Å².